The topological polar surface area (TPSA) is 93.2 Å². The van der Waals surface area contributed by atoms with Crippen molar-refractivity contribution in [3.8, 4) is 0 Å². The van der Waals surface area contributed by atoms with Gasteiger partial charge in [0.1, 0.15) is 11.5 Å². The van der Waals surface area contributed by atoms with Crippen molar-refractivity contribution in [1.29, 1.82) is 0 Å². The van der Waals surface area contributed by atoms with Gasteiger partial charge < -0.3 is 15.4 Å². The number of hydrogen-bond acceptors (Lipinski definition) is 6. The van der Waals surface area contributed by atoms with Crippen molar-refractivity contribution in [2.24, 2.45) is 0 Å². The lowest BCUT2D eigenvalue weighted by Crippen LogP contribution is -2.14. The van der Waals surface area contributed by atoms with E-state index < -0.39 is 5.97 Å². The van der Waals surface area contributed by atoms with E-state index in [1.807, 2.05) is 31.2 Å². The second-order valence-electron chi connectivity index (χ2n) is 6.09. The monoisotopic (exact) mass is 376 g/mol. The third-order valence-corrected chi connectivity index (χ3v) is 4.17. The molecule has 0 radical (unpaired) electrons. The van der Waals surface area contributed by atoms with Crippen LogP contribution in [0.3, 0.4) is 0 Å². The number of carbonyl (C=O) groups is 2. The number of aryl methyl sites for hydroxylation is 1. The number of hydrogen-bond donors (Lipinski definition) is 2. The summed E-state index contributed by atoms with van der Waals surface area (Å²) in [6, 6.07) is 14.5. The molecule has 0 aliphatic carbocycles. The van der Waals surface area contributed by atoms with Gasteiger partial charge >= 0.3 is 5.97 Å². The minimum absolute atomic E-state index is 0.193. The Kier molecular flexibility index (Phi) is 5.96. The maximum atomic E-state index is 12.3. The number of amides is 1. The summed E-state index contributed by atoms with van der Waals surface area (Å²) < 4.78 is 4.64. The van der Waals surface area contributed by atoms with E-state index >= 15 is 0 Å². The van der Waals surface area contributed by atoms with Gasteiger partial charge in [0.15, 0.2) is 0 Å². The van der Waals surface area contributed by atoms with Crippen molar-refractivity contribution in [2.45, 2.75) is 13.5 Å². The van der Waals surface area contributed by atoms with Gasteiger partial charge in [0.05, 0.1) is 25.1 Å². The second kappa shape index (κ2) is 8.77. The molecule has 0 atom stereocenters. The highest BCUT2D eigenvalue weighted by Gasteiger charge is 2.10. The first-order valence-corrected chi connectivity index (χ1v) is 8.67. The first-order valence-electron chi connectivity index (χ1n) is 8.67. The minimum atomic E-state index is -0.433. The Morgan fingerprint density at radius 2 is 1.75 bits per heavy atom. The molecular formula is C21H20N4O3. The number of carbonyl (C=O) groups excluding carboxylic acids is 2. The van der Waals surface area contributed by atoms with Crippen molar-refractivity contribution >= 4 is 23.4 Å². The first kappa shape index (κ1) is 19.0. The number of methoxy groups -OCH3 is 1. The fraction of sp³-hybridized carbons (Fsp3) is 0.143. The fourth-order valence-electron chi connectivity index (χ4n) is 2.53. The van der Waals surface area contributed by atoms with Crippen molar-refractivity contribution in [1.82, 2.24) is 9.97 Å². The van der Waals surface area contributed by atoms with E-state index in [2.05, 4.69) is 25.3 Å². The van der Waals surface area contributed by atoms with Gasteiger partial charge in [0, 0.05) is 12.2 Å². The second-order valence-corrected chi connectivity index (χ2v) is 6.09. The number of rotatable bonds is 6. The molecule has 0 bridgehead atoms. The molecule has 142 valence electrons. The molecule has 28 heavy (non-hydrogen) atoms. The molecule has 7 heteroatoms. The van der Waals surface area contributed by atoms with Crippen LogP contribution in [0.5, 0.6) is 0 Å². The largest absolute Gasteiger partial charge is 0.465 e. The molecule has 7 nitrogen and oxygen atoms in total. The summed E-state index contributed by atoms with van der Waals surface area (Å²) in [4.78, 5) is 32.1. The molecule has 3 aromatic rings. The van der Waals surface area contributed by atoms with E-state index in [-0.39, 0.29) is 11.6 Å². The number of aromatic nitrogens is 2. The van der Waals surface area contributed by atoms with Crippen LogP contribution in [0.25, 0.3) is 0 Å². The SMILES string of the molecule is COC(=O)c1ccc(NC(=O)c2cnc(NCc3ccccc3C)cn2)cc1. The van der Waals surface area contributed by atoms with Gasteiger partial charge in [-0.1, -0.05) is 24.3 Å². The van der Waals surface area contributed by atoms with E-state index in [0.29, 0.717) is 23.6 Å². The van der Waals surface area contributed by atoms with E-state index in [1.165, 1.54) is 30.6 Å². The number of anilines is 2. The zero-order chi connectivity index (χ0) is 19.9. The van der Waals surface area contributed by atoms with Gasteiger partial charge in [-0.3, -0.25) is 4.79 Å². The Balaban J connectivity index is 1.59. The Morgan fingerprint density at radius 1 is 1.00 bits per heavy atom. The number of benzene rings is 2. The van der Waals surface area contributed by atoms with Crippen LogP contribution >= 0.6 is 0 Å². The maximum Gasteiger partial charge on any atom is 0.337 e. The normalized spacial score (nSPS) is 10.2. The number of esters is 1. The molecule has 0 saturated heterocycles. The molecule has 0 aliphatic rings. The predicted molar refractivity (Wildman–Crippen MR) is 106 cm³/mol. The van der Waals surface area contributed by atoms with Crippen LogP contribution in [0.1, 0.15) is 32.0 Å². The lowest BCUT2D eigenvalue weighted by Gasteiger charge is -2.09. The number of nitrogens with one attached hydrogen (secondary N) is 2. The van der Waals surface area contributed by atoms with E-state index in [9.17, 15) is 9.59 Å². The standard InChI is InChI=1S/C21H20N4O3/c1-14-5-3-4-6-16(14)11-23-19-13-22-18(12-24-19)20(26)25-17-9-7-15(8-10-17)21(27)28-2/h3-10,12-13H,11H2,1-2H3,(H,23,24)(H,25,26). The molecule has 1 heterocycles. The quantitative estimate of drug-likeness (QED) is 0.640. The van der Waals surface area contributed by atoms with Crippen LogP contribution < -0.4 is 10.6 Å². The Morgan fingerprint density at radius 3 is 2.39 bits per heavy atom. The van der Waals surface area contributed by atoms with Crippen molar-refractivity contribution in [3.05, 3.63) is 83.3 Å². The van der Waals surface area contributed by atoms with Crippen LogP contribution in [0.4, 0.5) is 11.5 Å². The van der Waals surface area contributed by atoms with Gasteiger partial charge in [-0.25, -0.2) is 14.8 Å². The molecule has 2 N–H and O–H groups in total. The van der Waals surface area contributed by atoms with Crippen LogP contribution in [-0.4, -0.2) is 29.0 Å². The molecule has 2 aromatic carbocycles. The molecule has 1 amide bonds. The molecular weight excluding hydrogens is 356 g/mol. The third-order valence-electron chi connectivity index (χ3n) is 4.17. The fourth-order valence-corrected chi connectivity index (χ4v) is 2.53. The van der Waals surface area contributed by atoms with Gasteiger partial charge in [-0.15, -0.1) is 0 Å². The summed E-state index contributed by atoms with van der Waals surface area (Å²) in [7, 11) is 1.32. The van der Waals surface area contributed by atoms with Crippen molar-refractivity contribution in [3.63, 3.8) is 0 Å². The van der Waals surface area contributed by atoms with Gasteiger partial charge in [0.25, 0.3) is 5.91 Å². The molecule has 0 saturated carbocycles. The summed E-state index contributed by atoms with van der Waals surface area (Å²) in [6.07, 6.45) is 2.94. The van der Waals surface area contributed by atoms with Crippen LogP contribution in [0.15, 0.2) is 60.9 Å². The summed E-state index contributed by atoms with van der Waals surface area (Å²) in [6.45, 7) is 2.67. The zero-order valence-electron chi connectivity index (χ0n) is 15.6. The summed E-state index contributed by atoms with van der Waals surface area (Å²) in [5.41, 5.74) is 3.50. The highest BCUT2D eigenvalue weighted by molar-refractivity contribution is 6.03. The predicted octanol–water partition coefficient (Wildman–Crippen LogP) is 3.44. The lowest BCUT2D eigenvalue weighted by molar-refractivity contribution is 0.0600. The highest BCUT2D eigenvalue weighted by atomic mass is 16.5. The van der Waals surface area contributed by atoms with E-state index in [4.69, 9.17) is 0 Å². The molecule has 3 rings (SSSR count). The van der Waals surface area contributed by atoms with Gasteiger partial charge in [-0.2, -0.15) is 0 Å². The summed E-state index contributed by atoms with van der Waals surface area (Å²) >= 11 is 0. The summed E-state index contributed by atoms with van der Waals surface area (Å²) in [5.74, 6) is -0.233. The smallest absolute Gasteiger partial charge is 0.337 e. The zero-order valence-corrected chi connectivity index (χ0v) is 15.6. The maximum absolute atomic E-state index is 12.3. The van der Waals surface area contributed by atoms with Gasteiger partial charge in [0.2, 0.25) is 0 Å². The van der Waals surface area contributed by atoms with Crippen molar-refractivity contribution < 1.29 is 14.3 Å². The molecule has 0 spiro atoms. The molecule has 0 aliphatic heterocycles. The molecule has 1 aromatic heterocycles. The minimum Gasteiger partial charge on any atom is -0.465 e. The Hall–Kier alpha value is -3.74. The average Bonchev–Trinajstić information content (AvgIpc) is 2.73. The van der Waals surface area contributed by atoms with Crippen LogP contribution in [0, 0.1) is 6.92 Å². The van der Waals surface area contributed by atoms with Crippen LogP contribution in [-0.2, 0) is 11.3 Å². The van der Waals surface area contributed by atoms with Crippen molar-refractivity contribution in [2.75, 3.05) is 17.7 Å². The average molecular weight is 376 g/mol. The Bertz CT molecular complexity index is 970. The number of nitrogens with zero attached hydrogens (tertiary/aromatic N) is 2. The lowest BCUT2D eigenvalue weighted by atomic mass is 10.1. The Labute approximate surface area is 162 Å². The molecule has 0 unspecified atom stereocenters. The van der Waals surface area contributed by atoms with Gasteiger partial charge in [-0.05, 0) is 42.3 Å². The highest BCUT2D eigenvalue weighted by Crippen LogP contribution is 2.13. The third kappa shape index (κ3) is 4.70. The van der Waals surface area contributed by atoms with Crippen LogP contribution in [0.2, 0.25) is 0 Å². The first-order chi connectivity index (χ1) is 13.6. The molecule has 0 fully saturated rings. The van der Waals surface area contributed by atoms with E-state index in [1.54, 1.807) is 24.3 Å². The van der Waals surface area contributed by atoms with E-state index in [0.717, 1.165) is 0 Å². The summed E-state index contributed by atoms with van der Waals surface area (Å²) in [5, 5.41) is 5.90. The number of ether oxygens (including phenoxy) is 1.